The molecule has 0 atom stereocenters. The first kappa shape index (κ1) is 12.4. The van der Waals surface area contributed by atoms with Gasteiger partial charge in [0.2, 0.25) is 0 Å². The maximum atomic E-state index is 12.6. The summed E-state index contributed by atoms with van der Waals surface area (Å²) in [7, 11) is 0. The molecule has 0 bridgehead atoms. The van der Waals surface area contributed by atoms with E-state index in [2.05, 4.69) is 4.98 Å². The second-order valence-electron chi connectivity index (χ2n) is 3.62. The van der Waals surface area contributed by atoms with Gasteiger partial charge in [-0.05, 0) is 17.7 Å². The Morgan fingerprint density at radius 2 is 1.72 bits per heavy atom. The maximum Gasteiger partial charge on any atom is 0.437 e. The van der Waals surface area contributed by atoms with Crippen LogP contribution >= 0.6 is 0 Å². The maximum absolute atomic E-state index is 12.6. The molecule has 0 saturated heterocycles. The van der Waals surface area contributed by atoms with E-state index in [1.54, 1.807) is 24.3 Å². The van der Waals surface area contributed by atoms with Crippen LogP contribution in [0.1, 0.15) is 11.3 Å². The molecule has 1 heterocycles. The quantitative estimate of drug-likeness (QED) is 0.832. The number of hydrogen-bond donors (Lipinski definition) is 0. The molecule has 0 spiro atoms. The molecule has 0 radical (unpaired) electrons. The summed E-state index contributed by atoms with van der Waals surface area (Å²) in [4.78, 5) is 3.31. The van der Waals surface area contributed by atoms with E-state index in [0.717, 1.165) is 11.8 Å². The number of hydrogen-bond acceptors (Lipinski definition) is 2. The van der Waals surface area contributed by atoms with E-state index in [1.807, 2.05) is 6.07 Å². The van der Waals surface area contributed by atoms with Crippen molar-refractivity contribution in [3.8, 4) is 5.75 Å². The van der Waals surface area contributed by atoms with Crippen LogP contribution < -0.4 is 4.74 Å². The third-order valence-corrected chi connectivity index (χ3v) is 2.28. The predicted octanol–water partition coefficient (Wildman–Crippen LogP) is 3.68. The minimum absolute atomic E-state index is 0.0790. The van der Waals surface area contributed by atoms with Crippen LogP contribution in [0.25, 0.3) is 0 Å². The van der Waals surface area contributed by atoms with Crippen molar-refractivity contribution in [3.05, 3.63) is 59.9 Å². The summed E-state index contributed by atoms with van der Waals surface area (Å²) >= 11 is 0. The molecule has 0 amide bonds. The predicted molar refractivity (Wildman–Crippen MR) is 60.0 cm³/mol. The molecule has 1 aromatic heterocycles. The number of alkyl halides is 3. The molecule has 2 aromatic rings. The first-order valence-electron chi connectivity index (χ1n) is 5.26. The van der Waals surface area contributed by atoms with Crippen molar-refractivity contribution >= 4 is 0 Å². The average molecular weight is 253 g/mol. The van der Waals surface area contributed by atoms with E-state index in [-0.39, 0.29) is 12.4 Å². The van der Waals surface area contributed by atoms with Crippen LogP contribution in [0.3, 0.4) is 0 Å². The molecular formula is C13H10F3NO. The third-order valence-electron chi connectivity index (χ3n) is 2.28. The van der Waals surface area contributed by atoms with E-state index >= 15 is 0 Å². The Morgan fingerprint density at radius 1 is 1.00 bits per heavy atom. The number of aromatic nitrogens is 1. The van der Waals surface area contributed by atoms with E-state index < -0.39 is 11.9 Å². The minimum Gasteiger partial charge on any atom is -0.487 e. The normalized spacial score (nSPS) is 11.3. The van der Waals surface area contributed by atoms with Crippen molar-refractivity contribution < 1.29 is 17.9 Å². The van der Waals surface area contributed by atoms with Gasteiger partial charge in [0.15, 0.2) is 11.4 Å². The van der Waals surface area contributed by atoms with Gasteiger partial charge in [-0.3, -0.25) is 0 Å². The van der Waals surface area contributed by atoms with Gasteiger partial charge < -0.3 is 4.74 Å². The van der Waals surface area contributed by atoms with Gasteiger partial charge in [-0.2, -0.15) is 13.2 Å². The number of pyridine rings is 1. The SMILES string of the molecule is FC(F)(F)c1ncccc1OCc1ccccc1. The molecule has 0 aliphatic rings. The number of rotatable bonds is 3. The van der Waals surface area contributed by atoms with Crippen LogP contribution in [0.2, 0.25) is 0 Å². The van der Waals surface area contributed by atoms with Crippen LogP contribution in [-0.4, -0.2) is 4.98 Å². The molecule has 0 fully saturated rings. The molecule has 5 heteroatoms. The molecule has 0 aliphatic heterocycles. The average Bonchev–Trinajstić information content (AvgIpc) is 2.37. The van der Waals surface area contributed by atoms with E-state index in [9.17, 15) is 13.2 Å². The zero-order valence-corrected chi connectivity index (χ0v) is 9.32. The van der Waals surface area contributed by atoms with Crippen LogP contribution in [0, 0.1) is 0 Å². The van der Waals surface area contributed by atoms with Crippen molar-refractivity contribution in [2.24, 2.45) is 0 Å². The molecule has 94 valence electrons. The van der Waals surface area contributed by atoms with Gasteiger partial charge in [-0.1, -0.05) is 30.3 Å². The molecule has 0 unspecified atom stereocenters. The van der Waals surface area contributed by atoms with Gasteiger partial charge in [0.25, 0.3) is 0 Å². The lowest BCUT2D eigenvalue weighted by atomic mass is 10.2. The number of ether oxygens (including phenoxy) is 1. The molecule has 1 aromatic carbocycles. The largest absolute Gasteiger partial charge is 0.487 e. The Kier molecular flexibility index (Phi) is 3.50. The Bertz CT molecular complexity index is 511. The first-order valence-corrected chi connectivity index (χ1v) is 5.26. The van der Waals surface area contributed by atoms with Crippen molar-refractivity contribution in [1.82, 2.24) is 4.98 Å². The minimum atomic E-state index is -4.51. The second kappa shape index (κ2) is 5.08. The lowest BCUT2D eigenvalue weighted by Crippen LogP contribution is -2.10. The molecule has 2 rings (SSSR count). The van der Waals surface area contributed by atoms with Crippen molar-refractivity contribution in [3.63, 3.8) is 0 Å². The Labute approximate surface area is 102 Å². The van der Waals surface area contributed by atoms with Crippen LogP contribution in [0.5, 0.6) is 5.75 Å². The van der Waals surface area contributed by atoms with Gasteiger partial charge in [-0.15, -0.1) is 0 Å². The highest BCUT2D eigenvalue weighted by Gasteiger charge is 2.36. The van der Waals surface area contributed by atoms with Crippen molar-refractivity contribution in [2.75, 3.05) is 0 Å². The van der Waals surface area contributed by atoms with E-state index in [1.165, 1.54) is 12.1 Å². The fraction of sp³-hybridized carbons (Fsp3) is 0.154. The summed E-state index contributed by atoms with van der Waals surface area (Å²) in [5, 5.41) is 0. The summed E-state index contributed by atoms with van der Waals surface area (Å²) in [6.07, 6.45) is -3.41. The summed E-state index contributed by atoms with van der Waals surface area (Å²) in [5.41, 5.74) is -0.199. The van der Waals surface area contributed by atoms with Crippen molar-refractivity contribution in [1.29, 1.82) is 0 Å². The number of halogens is 3. The van der Waals surface area contributed by atoms with Gasteiger partial charge >= 0.3 is 6.18 Å². The number of benzene rings is 1. The third kappa shape index (κ3) is 3.00. The topological polar surface area (TPSA) is 22.1 Å². The highest BCUT2D eigenvalue weighted by molar-refractivity contribution is 5.29. The fourth-order valence-electron chi connectivity index (χ4n) is 1.46. The summed E-state index contributed by atoms with van der Waals surface area (Å²) in [5.74, 6) is -0.256. The van der Waals surface area contributed by atoms with E-state index in [4.69, 9.17) is 4.74 Å². The Balaban J connectivity index is 2.15. The lowest BCUT2D eigenvalue weighted by molar-refractivity contribution is -0.142. The molecule has 0 aliphatic carbocycles. The van der Waals surface area contributed by atoms with Crippen LogP contribution in [-0.2, 0) is 12.8 Å². The monoisotopic (exact) mass is 253 g/mol. The smallest absolute Gasteiger partial charge is 0.437 e. The molecule has 0 saturated carbocycles. The molecular weight excluding hydrogens is 243 g/mol. The Hall–Kier alpha value is -2.04. The Morgan fingerprint density at radius 3 is 2.39 bits per heavy atom. The zero-order chi connectivity index (χ0) is 13.0. The summed E-state index contributed by atoms with van der Waals surface area (Å²) in [6, 6.07) is 11.7. The summed E-state index contributed by atoms with van der Waals surface area (Å²) < 4.78 is 43.1. The van der Waals surface area contributed by atoms with Crippen LogP contribution in [0.15, 0.2) is 48.7 Å². The standard InChI is InChI=1S/C13H10F3NO/c14-13(15,16)12-11(7-4-8-17-12)18-9-10-5-2-1-3-6-10/h1-8H,9H2. The molecule has 0 N–H and O–H groups in total. The molecule has 18 heavy (non-hydrogen) atoms. The van der Waals surface area contributed by atoms with Crippen molar-refractivity contribution in [2.45, 2.75) is 12.8 Å². The molecule has 2 nitrogen and oxygen atoms in total. The summed E-state index contributed by atoms with van der Waals surface area (Å²) in [6.45, 7) is 0.0790. The van der Waals surface area contributed by atoms with Crippen LogP contribution in [0.4, 0.5) is 13.2 Å². The lowest BCUT2D eigenvalue weighted by Gasteiger charge is -2.12. The van der Waals surface area contributed by atoms with Gasteiger partial charge in [0.05, 0.1) is 0 Å². The fourth-order valence-corrected chi connectivity index (χ4v) is 1.46. The van der Waals surface area contributed by atoms with E-state index in [0.29, 0.717) is 0 Å². The highest BCUT2D eigenvalue weighted by Crippen LogP contribution is 2.34. The van der Waals surface area contributed by atoms with Gasteiger partial charge in [0.1, 0.15) is 6.61 Å². The second-order valence-corrected chi connectivity index (χ2v) is 3.62. The number of nitrogens with zero attached hydrogens (tertiary/aromatic N) is 1. The highest BCUT2D eigenvalue weighted by atomic mass is 19.4. The first-order chi connectivity index (χ1) is 8.57. The van der Waals surface area contributed by atoms with Gasteiger partial charge in [0, 0.05) is 6.20 Å². The van der Waals surface area contributed by atoms with Gasteiger partial charge in [-0.25, -0.2) is 4.98 Å². The zero-order valence-electron chi connectivity index (χ0n) is 9.32.